The third-order valence-electron chi connectivity index (χ3n) is 2.60. The minimum atomic E-state index is -1.64. The van der Waals surface area contributed by atoms with Gasteiger partial charge in [-0.15, -0.1) is 0 Å². The number of carboxylic acids is 1. The highest BCUT2D eigenvalue weighted by Gasteiger charge is 2.38. The second-order valence-corrected chi connectivity index (χ2v) is 3.61. The highest BCUT2D eigenvalue weighted by molar-refractivity contribution is 5.85. The van der Waals surface area contributed by atoms with Crippen LogP contribution in [-0.4, -0.2) is 25.3 Å². The van der Waals surface area contributed by atoms with Gasteiger partial charge in [0, 0.05) is 11.6 Å². The number of ether oxygens (including phenoxy) is 2. The number of nitrogens with zero attached hydrogens (tertiary/aromatic N) is 1. The third kappa shape index (κ3) is 2.16. The first-order chi connectivity index (χ1) is 7.99. The molecule has 1 N–H and O–H groups in total. The van der Waals surface area contributed by atoms with Crippen molar-refractivity contribution >= 4 is 5.97 Å². The van der Waals surface area contributed by atoms with E-state index in [0.717, 1.165) is 0 Å². The molecular formula is C12H13NO4. The average Bonchev–Trinajstić information content (AvgIpc) is 2.36. The summed E-state index contributed by atoms with van der Waals surface area (Å²) in [5.41, 5.74) is -1.34. The van der Waals surface area contributed by atoms with E-state index in [1.165, 1.54) is 27.2 Å². The van der Waals surface area contributed by atoms with E-state index in [1.54, 1.807) is 18.2 Å². The molecule has 5 nitrogen and oxygen atoms in total. The van der Waals surface area contributed by atoms with E-state index in [4.69, 9.17) is 19.8 Å². The zero-order valence-corrected chi connectivity index (χ0v) is 9.85. The monoisotopic (exact) mass is 235 g/mol. The largest absolute Gasteiger partial charge is 0.497 e. The number of nitriles is 1. The number of carboxylic acid groups (broad SMARTS) is 1. The molecule has 0 saturated heterocycles. The van der Waals surface area contributed by atoms with Gasteiger partial charge in [-0.25, -0.2) is 0 Å². The molecule has 0 amide bonds. The lowest BCUT2D eigenvalue weighted by Crippen LogP contribution is -2.31. The molecule has 0 aliphatic carbocycles. The van der Waals surface area contributed by atoms with Crippen molar-refractivity contribution in [3.05, 3.63) is 23.8 Å². The van der Waals surface area contributed by atoms with E-state index >= 15 is 0 Å². The van der Waals surface area contributed by atoms with Crippen LogP contribution in [0.3, 0.4) is 0 Å². The fourth-order valence-electron chi connectivity index (χ4n) is 1.43. The molecule has 0 radical (unpaired) electrons. The van der Waals surface area contributed by atoms with Crippen LogP contribution in [0, 0.1) is 11.3 Å². The van der Waals surface area contributed by atoms with E-state index in [-0.39, 0.29) is 0 Å². The molecule has 1 unspecified atom stereocenters. The summed E-state index contributed by atoms with van der Waals surface area (Å²) in [7, 11) is 2.91. The SMILES string of the molecule is COc1ccc(C(C)(C#N)C(=O)O)c(OC)c1. The molecule has 0 heterocycles. The summed E-state index contributed by atoms with van der Waals surface area (Å²) < 4.78 is 10.1. The Bertz CT molecular complexity index is 478. The quantitative estimate of drug-likeness (QED) is 0.856. The molecule has 1 aromatic rings. The van der Waals surface area contributed by atoms with Crippen LogP contribution in [0.4, 0.5) is 0 Å². The second kappa shape index (κ2) is 4.74. The zero-order chi connectivity index (χ0) is 13.1. The Morgan fingerprint density at radius 3 is 2.47 bits per heavy atom. The van der Waals surface area contributed by atoms with Gasteiger partial charge in [-0.1, -0.05) is 0 Å². The van der Waals surface area contributed by atoms with Gasteiger partial charge >= 0.3 is 5.97 Å². The summed E-state index contributed by atoms with van der Waals surface area (Å²) >= 11 is 0. The summed E-state index contributed by atoms with van der Waals surface area (Å²) in [6.07, 6.45) is 0. The minimum Gasteiger partial charge on any atom is -0.497 e. The first-order valence-corrected chi connectivity index (χ1v) is 4.86. The van der Waals surface area contributed by atoms with Crippen LogP contribution < -0.4 is 9.47 Å². The minimum absolute atomic E-state index is 0.302. The van der Waals surface area contributed by atoms with Gasteiger partial charge in [0.25, 0.3) is 0 Å². The molecule has 1 atom stereocenters. The van der Waals surface area contributed by atoms with E-state index in [0.29, 0.717) is 17.1 Å². The molecule has 0 bridgehead atoms. The van der Waals surface area contributed by atoms with Crippen LogP contribution >= 0.6 is 0 Å². The van der Waals surface area contributed by atoms with Gasteiger partial charge in [-0.05, 0) is 19.1 Å². The lowest BCUT2D eigenvalue weighted by molar-refractivity contribution is -0.141. The topological polar surface area (TPSA) is 79.5 Å². The summed E-state index contributed by atoms with van der Waals surface area (Å²) in [5.74, 6) is -0.365. The molecule has 0 fully saturated rings. The summed E-state index contributed by atoms with van der Waals surface area (Å²) in [5, 5.41) is 18.2. The number of carbonyl (C=O) groups is 1. The van der Waals surface area contributed by atoms with E-state index in [9.17, 15) is 4.79 Å². The van der Waals surface area contributed by atoms with Crippen LogP contribution in [0.25, 0.3) is 0 Å². The highest BCUT2D eigenvalue weighted by Crippen LogP contribution is 2.34. The number of rotatable bonds is 4. The fraction of sp³-hybridized carbons (Fsp3) is 0.333. The average molecular weight is 235 g/mol. The van der Waals surface area contributed by atoms with Crippen LogP contribution in [0.15, 0.2) is 18.2 Å². The number of hydrogen-bond acceptors (Lipinski definition) is 4. The molecular weight excluding hydrogens is 222 g/mol. The summed E-state index contributed by atoms with van der Waals surface area (Å²) in [6, 6.07) is 6.45. The molecule has 0 spiro atoms. The standard InChI is InChI=1S/C12H13NO4/c1-12(7-13,11(14)15)9-5-4-8(16-2)6-10(9)17-3/h4-6H,1-3H3,(H,14,15). The van der Waals surface area contributed by atoms with Crippen molar-refractivity contribution in [3.8, 4) is 17.6 Å². The van der Waals surface area contributed by atoms with Gasteiger partial charge in [-0.2, -0.15) is 5.26 Å². The lowest BCUT2D eigenvalue weighted by atomic mass is 9.83. The number of aliphatic carboxylic acids is 1. The van der Waals surface area contributed by atoms with Gasteiger partial charge < -0.3 is 14.6 Å². The molecule has 1 rings (SSSR count). The van der Waals surface area contributed by atoms with Crippen LogP contribution in [0.5, 0.6) is 11.5 Å². The number of methoxy groups -OCH3 is 2. The third-order valence-corrected chi connectivity index (χ3v) is 2.60. The van der Waals surface area contributed by atoms with Crippen LogP contribution in [0.2, 0.25) is 0 Å². The van der Waals surface area contributed by atoms with Gasteiger partial charge in [-0.3, -0.25) is 4.79 Å². The fourth-order valence-corrected chi connectivity index (χ4v) is 1.43. The highest BCUT2D eigenvalue weighted by atomic mass is 16.5. The van der Waals surface area contributed by atoms with Gasteiger partial charge in [0.05, 0.1) is 20.3 Å². The van der Waals surface area contributed by atoms with Gasteiger partial charge in [0.15, 0.2) is 5.41 Å². The normalized spacial score (nSPS) is 13.3. The molecule has 0 aliphatic heterocycles. The first kappa shape index (κ1) is 12.8. The second-order valence-electron chi connectivity index (χ2n) is 3.61. The molecule has 90 valence electrons. The Morgan fingerprint density at radius 1 is 1.41 bits per heavy atom. The summed E-state index contributed by atoms with van der Waals surface area (Å²) in [6.45, 7) is 1.33. The van der Waals surface area contributed by atoms with Crippen molar-refractivity contribution in [1.82, 2.24) is 0 Å². The van der Waals surface area contributed by atoms with Crippen LogP contribution in [0.1, 0.15) is 12.5 Å². The Labute approximate surface area is 99.2 Å². The van der Waals surface area contributed by atoms with Gasteiger partial charge in [0.1, 0.15) is 11.5 Å². The predicted octanol–water partition coefficient (Wildman–Crippen LogP) is 1.57. The van der Waals surface area contributed by atoms with Crippen molar-refractivity contribution in [2.24, 2.45) is 0 Å². The molecule has 5 heteroatoms. The maximum absolute atomic E-state index is 11.2. The smallest absolute Gasteiger partial charge is 0.328 e. The van der Waals surface area contributed by atoms with E-state index in [2.05, 4.69) is 0 Å². The molecule has 17 heavy (non-hydrogen) atoms. The molecule has 1 aromatic carbocycles. The summed E-state index contributed by atoms with van der Waals surface area (Å²) in [4.78, 5) is 11.2. The Balaban J connectivity index is 3.41. The van der Waals surface area contributed by atoms with Crippen molar-refractivity contribution in [2.45, 2.75) is 12.3 Å². The van der Waals surface area contributed by atoms with Crippen LogP contribution in [-0.2, 0) is 10.2 Å². The lowest BCUT2D eigenvalue weighted by Gasteiger charge is -2.20. The zero-order valence-electron chi connectivity index (χ0n) is 9.85. The predicted molar refractivity (Wildman–Crippen MR) is 60.1 cm³/mol. The maximum Gasteiger partial charge on any atom is 0.328 e. The Kier molecular flexibility index (Phi) is 3.59. The number of hydrogen-bond donors (Lipinski definition) is 1. The van der Waals surface area contributed by atoms with Crippen molar-refractivity contribution in [3.63, 3.8) is 0 Å². The van der Waals surface area contributed by atoms with Crippen molar-refractivity contribution in [1.29, 1.82) is 5.26 Å². The maximum atomic E-state index is 11.2. The Hall–Kier alpha value is -2.22. The van der Waals surface area contributed by atoms with E-state index < -0.39 is 11.4 Å². The molecule has 0 aliphatic rings. The van der Waals surface area contributed by atoms with Gasteiger partial charge in [0.2, 0.25) is 0 Å². The van der Waals surface area contributed by atoms with Crippen molar-refractivity contribution < 1.29 is 19.4 Å². The number of benzene rings is 1. The first-order valence-electron chi connectivity index (χ1n) is 4.86. The molecule has 0 aromatic heterocycles. The molecule has 0 saturated carbocycles. The van der Waals surface area contributed by atoms with Crippen molar-refractivity contribution in [2.75, 3.05) is 14.2 Å². The van der Waals surface area contributed by atoms with E-state index in [1.807, 2.05) is 0 Å². The Morgan fingerprint density at radius 2 is 2.06 bits per heavy atom.